The molecule has 0 radical (unpaired) electrons. The maximum absolute atomic E-state index is 13.7. The number of sulfonamides is 2. The predicted octanol–water partition coefficient (Wildman–Crippen LogP) is 2.47. The lowest BCUT2D eigenvalue weighted by molar-refractivity contribution is -0.126. The number of carbonyl (C=O) groups excluding carboxylic acids is 2. The zero-order valence-corrected chi connectivity index (χ0v) is 24.6. The van der Waals surface area contributed by atoms with Crippen LogP contribution in [0.25, 0.3) is 0 Å². The molecule has 0 unspecified atom stereocenters. The number of hydrogen-bond acceptors (Lipinski definition) is 6. The van der Waals surface area contributed by atoms with Gasteiger partial charge in [-0.05, 0) is 74.6 Å². The minimum absolute atomic E-state index is 0.0751. The molecule has 7 rings (SSSR count). The average molecular weight is 596 g/mol. The van der Waals surface area contributed by atoms with E-state index in [1.165, 1.54) is 0 Å². The third kappa shape index (κ3) is 4.15. The summed E-state index contributed by atoms with van der Waals surface area (Å²) in [6.45, 7) is 5.01. The Kier molecular flexibility index (Phi) is 6.14. The standard InChI is InChI=1S/C30H33N3O6S2/c1-17-3-7-19(8-4-17)40(36,37)32-13-25-21-11-23-24(30(35)31-29(23)34)12-22(21)26-14-33(16-28(26)27(25)15-32)41(38,39)20-9-5-18(2)6-10-20/h3-10,23-28H,11-16H2,1-2H3,(H,31,34,35)/t23-,24+,25-,26+,27-,28-/m1/s1. The van der Waals surface area contributed by atoms with E-state index in [-0.39, 0.29) is 45.3 Å². The molecule has 2 aromatic carbocycles. The second-order valence-corrected chi connectivity index (χ2v) is 16.2. The Labute approximate surface area is 240 Å². The number of benzene rings is 2. The Hall–Kier alpha value is -2.86. The number of fused-ring (bicyclic) bond motifs is 6. The van der Waals surface area contributed by atoms with Gasteiger partial charge in [-0.1, -0.05) is 46.5 Å². The minimum Gasteiger partial charge on any atom is -0.296 e. The first-order chi connectivity index (χ1) is 19.4. The zero-order valence-electron chi connectivity index (χ0n) is 23.0. The van der Waals surface area contributed by atoms with Crippen LogP contribution < -0.4 is 5.32 Å². The number of aryl methyl sites for hydroxylation is 2. The molecule has 1 N–H and O–H groups in total. The number of rotatable bonds is 4. The van der Waals surface area contributed by atoms with E-state index < -0.39 is 31.9 Å². The van der Waals surface area contributed by atoms with Crippen molar-refractivity contribution in [2.45, 2.75) is 36.5 Å². The molecule has 5 aliphatic rings. The molecule has 0 saturated carbocycles. The van der Waals surface area contributed by atoms with Gasteiger partial charge in [0.2, 0.25) is 31.9 Å². The van der Waals surface area contributed by atoms with E-state index in [1.54, 1.807) is 57.1 Å². The van der Waals surface area contributed by atoms with E-state index in [0.717, 1.165) is 22.3 Å². The fourth-order valence-electron chi connectivity index (χ4n) is 7.96. The van der Waals surface area contributed by atoms with E-state index >= 15 is 0 Å². The first kappa shape index (κ1) is 27.0. The van der Waals surface area contributed by atoms with Gasteiger partial charge in [0.1, 0.15) is 0 Å². The summed E-state index contributed by atoms with van der Waals surface area (Å²) in [5.74, 6) is -1.80. The number of nitrogens with zero attached hydrogens (tertiary/aromatic N) is 2. The summed E-state index contributed by atoms with van der Waals surface area (Å²) in [6.07, 6.45) is 0.843. The molecular weight excluding hydrogens is 562 g/mol. The second-order valence-electron chi connectivity index (χ2n) is 12.3. The maximum atomic E-state index is 13.7. The maximum Gasteiger partial charge on any atom is 0.243 e. The lowest BCUT2D eigenvalue weighted by Gasteiger charge is -2.43. The van der Waals surface area contributed by atoms with Crippen molar-refractivity contribution in [2.24, 2.45) is 35.5 Å². The summed E-state index contributed by atoms with van der Waals surface area (Å²) >= 11 is 0. The van der Waals surface area contributed by atoms with Crippen molar-refractivity contribution in [3.8, 4) is 0 Å². The molecule has 2 amide bonds. The molecule has 216 valence electrons. The topological polar surface area (TPSA) is 121 Å². The lowest BCUT2D eigenvalue weighted by Crippen LogP contribution is -2.40. The molecule has 3 saturated heterocycles. The van der Waals surface area contributed by atoms with E-state index in [1.807, 2.05) is 13.8 Å². The van der Waals surface area contributed by atoms with Gasteiger partial charge in [0.25, 0.3) is 0 Å². The van der Waals surface area contributed by atoms with Crippen molar-refractivity contribution < 1.29 is 26.4 Å². The monoisotopic (exact) mass is 595 g/mol. The van der Waals surface area contributed by atoms with Crippen molar-refractivity contribution in [2.75, 3.05) is 26.2 Å². The van der Waals surface area contributed by atoms with Crippen LogP contribution in [0.1, 0.15) is 24.0 Å². The van der Waals surface area contributed by atoms with Gasteiger partial charge in [-0.25, -0.2) is 16.8 Å². The first-order valence-electron chi connectivity index (χ1n) is 14.2. The molecule has 0 bridgehead atoms. The highest BCUT2D eigenvalue weighted by Gasteiger charge is 2.58. The fraction of sp³-hybridized carbons (Fsp3) is 0.467. The molecule has 3 heterocycles. The Morgan fingerprint density at radius 1 is 0.585 bits per heavy atom. The van der Waals surface area contributed by atoms with Crippen LogP contribution in [0.4, 0.5) is 0 Å². The normalized spacial score (nSPS) is 32.0. The van der Waals surface area contributed by atoms with E-state index in [0.29, 0.717) is 39.0 Å². The van der Waals surface area contributed by atoms with Crippen molar-refractivity contribution in [3.05, 3.63) is 70.8 Å². The van der Waals surface area contributed by atoms with E-state index in [4.69, 9.17) is 0 Å². The van der Waals surface area contributed by atoms with Crippen LogP contribution >= 0.6 is 0 Å². The molecule has 41 heavy (non-hydrogen) atoms. The highest BCUT2D eigenvalue weighted by molar-refractivity contribution is 7.89. The van der Waals surface area contributed by atoms with Gasteiger partial charge in [0, 0.05) is 26.2 Å². The van der Waals surface area contributed by atoms with Crippen LogP contribution in [0, 0.1) is 49.4 Å². The van der Waals surface area contributed by atoms with Crippen molar-refractivity contribution in [1.29, 1.82) is 0 Å². The summed E-state index contributed by atoms with van der Waals surface area (Å²) in [4.78, 5) is 25.8. The highest BCUT2D eigenvalue weighted by Crippen LogP contribution is 2.56. The summed E-state index contributed by atoms with van der Waals surface area (Å²) in [7, 11) is -7.52. The summed E-state index contributed by atoms with van der Waals surface area (Å²) < 4.78 is 58.1. The number of carbonyl (C=O) groups is 2. The smallest absolute Gasteiger partial charge is 0.243 e. The van der Waals surface area contributed by atoms with Crippen LogP contribution in [0.2, 0.25) is 0 Å². The van der Waals surface area contributed by atoms with Crippen LogP contribution in [-0.2, 0) is 29.6 Å². The van der Waals surface area contributed by atoms with Crippen LogP contribution in [0.3, 0.4) is 0 Å². The lowest BCUT2D eigenvalue weighted by atomic mass is 9.60. The van der Waals surface area contributed by atoms with Crippen LogP contribution in [0.15, 0.2) is 69.5 Å². The zero-order chi connectivity index (χ0) is 28.8. The van der Waals surface area contributed by atoms with Gasteiger partial charge >= 0.3 is 0 Å². The summed E-state index contributed by atoms with van der Waals surface area (Å²) in [6, 6.07) is 13.7. The van der Waals surface area contributed by atoms with Crippen LogP contribution in [0.5, 0.6) is 0 Å². The van der Waals surface area contributed by atoms with Crippen molar-refractivity contribution in [3.63, 3.8) is 0 Å². The van der Waals surface area contributed by atoms with Gasteiger partial charge in [-0.2, -0.15) is 8.61 Å². The minimum atomic E-state index is -3.76. The molecule has 11 heteroatoms. The third-order valence-electron chi connectivity index (χ3n) is 10.1. The second kappa shape index (κ2) is 9.32. The predicted molar refractivity (Wildman–Crippen MR) is 150 cm³/mol. The molecule has 0 spiro atoms. The van der Waals surface area contributed by atoms with Crippen molar-refractivity contribution in [1.82, 2.24) is 13.9 Å². The van der Waals surface area contributed by atoms with Gasteiger partial charge in [0.05, 0.1) is 21.6 Å². The third-order valence-corrected chi connectivity index (χ3v) is 13.8. The van der Waals surface area contributed by atoms with Gasteiger partial charge in [0.15, 0.2) is 0 Å². The molecule has 0 aromatic heterocycles. The van der Waals surface area contributed by atoms with Gasteiger partial charge in [-0.15, -0.1) is 0 Å². The molecule has 2 aliphatic carbocycles. The Morgan fingerprint density at radius 3 is 1.32 bits per heavy atom. The number of hydrogen-bond donors (Lipinski definition) is 1. The van der Waals surface area contributed by atoms with Gasteiger partial charge < -0.3 is 0 Å². The number of imide groups is 1. The number of amides is 2. The first-order valence-corrected chi connectivity index (χ1v) is 17.0. The SMILES string of the molecule is Cc1ccc(S(=O)(=O)N2C[C@H]3[C@@H]4CN(S(=O)(=O)c5ccc(C)cc5)C[C@H]4C4=C(C[C@H]5C(=O)NC(=O)[C@H]5C4)[C@H]3C2)cc1. The fourth-order valence-corrected chi connectivity index (χ4v) is 11.0. The summed E-state index contributed by atoms with van der Waals surface area (Å²) in [5.41, 5.74) is 4.08. The molecular formula is C30H33N3O6S2. The quantitative estimate of drug-likeness (QED) is 0.428. The highest BCUT2D eigenvalue weighted by atomic mass is 32.2. The average Bonchev–Trinajstić information content (AvgIpc) is 3.65. The Bertz CT molecular complexity index is 1570. The molecule has 3 aliphatic heterocycles. The molecule has 9 nitrogen and oxygen atoms in total. The van der Waals surface area contributed by atoms with Gasteiger partial charge in [-0.3, -0.25) is 14.9 Å². The Balaban J connectivity index is 1.27. The number of nitrogens with one attached hydrogen (secondary N) is 1. The molecule has 6 atom stereocenters. The van der Waals surface area contributed by atoms with E-state index in [2.05, 4.69) is 5.32 Å². The molecule has 2 aromatic rings. The van der Waals surface area contributed by atoms with E-state index in [9.17, 15) is 26.4 Å². The van der Waals surface area contributed by atoms with Crippen molar-refractivity contribution >= 4 is 31.9 Å². The largest absolute Gasteiger partial charge is 0.296 e. The molecule has 3 fully saturated rings. The summed E-state index contributed by atoms with van der Waals surface area (Å²) in [5, 5.41) is 2.49. The Morgan fingerprint density at radius 2 is 0.951 bits per heavy atom. The van der Waals surface area contributed by atoms with Crippen LogP contribution in [-0.4, -0.2) is 63.4 Å².